The Balaban J connectivity index is 1.29. The number of amides is 2. The van der Waals surface area contributed by atoms with E-state index in [-0.39, 0.29) is 19.1 Å². The number of alkyl carbamates (subject to hydrolysis) is 1. The van der Waals surface area contributed by atoms with E-state index >= 15 is 0 Å². The van der Waals surface area contributed by atoms with E-state index < -0.39 is 29.6 Å². The van der Waals surface area contributed by atoms with Crippen LogP contribution >= 0.6 is 0 Å². The molecule has 5 rings (SSSR count). The van der Waals surface area contributed by atoms with E-state index in [9.17, 15) is 19.5 Å². The fourth-order valence-electron chi connectivity index (χ4n) is 6.12. The van der Waals surface area contributed by atoms with Gasteiger partial charge in [0.05, 0.1) is 0 Å². The van der Waals surface area contributed by atoms with Gasteiger partial charge in [0.1, 0.15) is 18.2 Å². The summed E-state index contributed by atoms with van der Waals surface area (Å²) in [5, 5.41) is 15.5. The molecule has 2 amide bonds. The Bertz CT molecular complexity index is 1340. The van der Waals surface area contributed by atoms with E-state index in [1.165, 1.54) is 0 Å². The van der Waals surface area contributed by atoms with E-state index in [2.05, 4.69) is 22.8 Å². The van der Waals surface area contributed by atoms with Crippen molar-refractivity contribution in [3.63, 3.8) is 0 Å². The number of benzene rings is 3. The molecule has 1 atom stereocenters. The molecule has 0 aliphatic heterocycles. The molecule has 8 heteroatoms. The van der Waals surface area contributed by atoms with Gasteiger partial charge in [0.2, 0.25) is 5.91 Å². The van der Waals surface area contributed by atoms with Crippen molar-refractivity contribution in [3.8, 4) is 11.1 Å². The van der Waals surface area contributed by atoms with Crippen LogP contribution in [0.1, 0.15) is 54.7 Å². The maximum atomic E-state index is 13.6. The molecule has 3 aromatic carbocycles. The summed E-state index contributed by atoms with van der Waals surface area (Å²) < 4.78 is 5.72. The number of hydrogen-bond acceptors (Lipinski definition) is 5. The predicted octanol–water partition coefficient (Wildman–Crippen LogP) is 4.93. The third-order valence-corrected chi connectivity index (χ3v) is 8.22. The first-order valence-electron chi connectivity index (χ1n) is 14.3. The summed E-state index contributed by atoms with van der Waals surface area (Å²) in [6.07, 6.45) is 2.41. The van der Waals surface area contributed by atoms with Crippen molar-refractivity contribution in [2.45, 2.75) is 56.1 Å². The summed E-state index contributed by atoms with van der Waals surface area (Å²) in [5.41, 5.74) is 4.18. The number of fused-ring (bicyclic) bond motifs is 3. The Labute approximate surface area is 240 Å². The number of carboxylic acid groups (broad SMARTS) is 1. The second-order valence-electron chi connectivity index (χ2n) is 11.1. The average molecular weight is 556 g/mol. The molecule has 2 aliphatic rings. The van der Waals surface area contributed by atoms with Gasteiger partial charge in [-0.1, -0.05) is 98.1 Å². The highest BCUT2D eigenvalue weighted by Crippen LogP contribution is 2.44. The van der Waals surface area contributed by atoms with Crippen molar-refractivity contribution in [1.29, 1.82) is 0 Å². The van der Waals surface area contributed by atoms with Gasteiger partial charge in [0.25, 0.3) is 0 Å². The van der Waals surface area contributed by atoms with Crippen LogP contribution in [-0.2, 0) is 20.9 Å². The maximum Gasteiger partial charge on any atom is 0.407 e. The second kappa shape index (κ2) is 12.6. The molecule has 2 aliphatic carbocycles. The van der Waals surface area contributed by atoms with Crippen LogP contribution in [0.5, 0.6) is 0 Å². The summed E-state index contributed by atoms with van der Waals surface area (Å²) in [5.74, 6) is -1.68. The number of carbonyl (C=O) groups is 3. The average Bonchev–Trinajstić information content (AvgIpc) is 3.30. The topological polar surface area (TPSA) is 108 Å². The molecule has 0 radical (unpaired) electrons. The SMILES string of the molecule is CN(Cc1ccccc1)CC(NC(=O)OCC1c2ccccc2-c2ccccc21)C(=O)NC1(C(=O)O)CCCCC1. The molecular weight excluding hydrogens is 518 g/mol. The molecule has 8 nitrogen and oxygen atoms in total. The van der Waals surface area contributed by atoms with Gasteiger partial charge in [0, 0.05) is 19.0 Å². The van der Waals surface area contributed by atoms with Crippen LogP contribution in [0, 0.1) is 0 Å². The number of carboxylic acids is 1. The highest BCUT2D eigenvalue weighted by molar-refractivity contribution is 5.91. The Hall–Kier alpha value is -4.17. The first kappa shape index (κ1) is 28.4. The van der Waals surface area contributed by atoms with Gasteiger partial charge in [-0.05, 0) is 47.7 Å². The number of nitrogens with zero attached hydrogens (tertiary/aromatic N) is 1. The number of ether oxygens (including phenoxy) is 1. The summed E-state index contributed by atoms with van der Waals surface area (Å²) in [7, 11) is 1.86. The molecule has 0 aromatic heterocycles. The van der Waals surface area contributed by atoms with Crippen molar-refractivity contribution in [3.05, 3.63) is 95.6 Å². The molecule has 3 aromatic rings. The molecule has 41 heavy (non-hydrogen) atoms. The zero-order valence-corrected chi connectivity index (χ0v) is 23.3. The fraction of sp³-hybridized carbons (Fsp3) is 0.364. The Morgan fingerprint density at radius 2 is 1.49 bits per heavy atom. The van der Waals surface area contributed by atoms with Crippen LogP contribution in [0.25, 0.3) is 11.1 Å². The summed E-state index contributed by atoms with van der Waals surface area (Å²) in [6.45, 7) is 0.856. The minimum absolute atomic E-state index is 0.112. The molecule has 0 bridgehead atoms. The zero-order valence-electron chi connectivity index (χ0n) is 23.3. The molecule has 0 spiro atoms. The lowest BCUT2D eigenvalue weighted by molar-refractivity contribution is -0.149. The first-order chi connectivity index (χ1) is 19.9. The lowest BCUT2D eigenvalue weighted by Crippen LogP contribution is -2.61. The van der Waals surface area contributed by atoms with E-state index in [4.69, 9.17) is 4.74 Å². The summed E-state index contributed by atoms with van der Waals surface area (Å²) in [4.78, 5) is 40.9. The van der Waals surface area contributed by atoms with Gasteiger partial charge in [-0.15, -0.1) is 0 Å². The smallest absolute Gasteiger partial charge is 0.407 e. The molecule has 1 saturated carbocycles. The van der Waals surface area contributed by atoms with Crippen molar-refractivity contribution in [1.82, 2.24) is 15.5 Å². The van der Waals surface area contributed by atoms with Crippen LogP contribution in [0.4, 0.5) is 4.79 Å². The lowest BCUT2D eigenvalue weighted by Gasteiger charge is -2.35. The van der Waals surface area contributed by atoms with E-state index in [0.717, 1.165) is 47.1 Å². The standard InChI is InChI=1S/C33H37N3O5/c1-36(20-23-12-4-2-5-13-23)21-29(30(37)35-33(31(38)39)18-10-3-11-19-33)34-32(40)41-22-28-26-16-8-6-14-24(26)25-15-7-9-17-27(25)28/h2,4-9,12-17,28-29H,3,10-11,18-22H2,1H3,(H,34,40)(H,35,37)(H,38,39). The van der Waals surface area contributed by atoms with Crippen LogP contribution in [0.3, 0.4) is 0 Å². The van der Waals surface area contributed by atoms with Crippen molar-refractivity contribution < 1.29 is 24.2 Å². The number of hydrogen-bond donors (Lipinski definition) is 3. The monoisotopic (exact) mass is 555 g/mol. The summed E-state index contributed by atoms with van der Waals surface area (Å²) >= 11 is 0. The van der Waals surface area contributed by atoms with Crippen molar-refractivity contribution in [2.24, 2.45) is 0 Å². The second-order valence-corrected chi connectivity index (χ2v) is 11.1. The minimum atomic E-state index is -1.32. The molecular formula is C33H37N3O5. The van der Waals surface area contributed by atoms with Crippen LogP contribution in [0.2, 0.25) is 0 Å². The molecule has 1 unspecified atom stereocenters. The fourth-order valence-corrected chi connectivity index (χ4v) is 6.12. The van der Waals surface area contributed by atoms with Crippen molar-refractivity contribution in [2.75, 3.05) is 20.2 Å². The van der Waals surface area contributed by atoms with Crippen molar-refractivity contribution >= 4 is 18.0 Å². The molecule has 0 heterocycles. The third-order valence-electron chi connectivity index (χ3n) is 8.22. The third kappa shape index (κ3) is 6.43. The van der Waals surface area contributed by atoms with E-state index in [1.807, 2.05) is 78.7 Å². The Kier molecular flexibility index (Phi) is 8.69. The van der Waals surface area contributed by atoms with Gasteiger partial charge in [0.15, 0.2) is 0 Å². The van der Waals surface area contributed by atoms with Crippen LogP contribution in [0.15, 0.2) is 78.9 Å². The number of nitrogens with one attached hydrogen (secondary N) is 2. The highest BCUT2D eigenvalue weighted by atomic mass is 16.5. The summed E-state index contributed by atoms with van der Waals surface area (Å²) in [6, 6.07) is 25.0. The van der Waals surface area contributed by atoms with Crippen LogP contribution in [-0.4, -0.2) is 59.8 Å². The van der Waals surface area contributed by atoms with E-state index in [1.54, 1.807) is 0 Å². The van der Waals surface area contributed by atoms with Gasteiger partial charge >= 0.3 is 12.1 Å². The van der Waals surface area contributed by atoms with Gasteiger partial charge in [-0.25, -0.2) is 9.59 Å². The van der Waals surface area contributed by atoms with E-state index in [0.29, 0.717) is 19.4 Å². The molecule has 1 fully saturated rings. The predicted molar refractivity (Wildman–Crippen MR) is 156 cm³/mol. The Morgan fingerprint density at radius 1 is 0.902 bits per heavy atom. The van der Waals surface area contributed by atoms with Gasteiger partial charge < -0.3 is 20.5 Å². The molecule has 214 valence electrons. The molecule has 0 saturated heterocycles. The number of aliphatic carboxylic acids is 1. The number of rotatable bonds is 10. The van der Waals surface area contributed by atoms with Crippen LogP contribution < -0.4 is 10.6 Å². The Morgan fingerprint density at radius 3 is 2.10 bits per heavy atom. The molecule has 3 N–H and O–H groups in total. The lowest BCUT2D eigenvalue weighted by atomic mass is 9.81. The zero-order chi connectivity index (χ0) is 28.8. The first-order valence-corrected chi connectivity index (χ1v) is 14.3. The number of carbonyl (C=O) groups excluding carboxylic acids is 2. The van der Waals surface area contributed by atoms with Gasteiger partial charge in [-0.3, -0.25) is 9.69 Å². The minimum Gasteiger partial charge on any atom is -0.480 e. The quantitative estimate of drug-likeness (QED) is 0.328. The number of likely N-dealkylation sites (N-methyl/N-ethyl adjacent to an activating group) is 1. The highest BCUT2D eigenvalue weighted by Gasteiger charge is 2.42. The van der Waals surface area contributed by atoms with Gasteiger partial charge in [-0.2, -0.15) is 0 Å². The maximum absolute atomic E-state index is 13.6. The normalized spacial score (nSPS) is 16.3. The largest absolute Gasteiger partial charge is 0.480 e.